The third-order valence-corrected chi connectivity index (χ3v) is 5.56. The molecule has 0 aliphatic heterocycles. The van der Waals surface area contributed by atoms with Gasteiger partial charge < -0.3 is 5.73 Å². The maximum Gasteiger partial charge on any atom is 0.0215 e. The molecule has 4 aliphatic carbocycles. The summed E-state index contributed by atoms with van der Waals surface area (Å²) >= 11 is 0. The Labute approximate surface area is 85.7 Å². The minimum Gasteiger partial charge on any atom is -0.325 e. The lowest BCUT2D eigenvalue weighted by molar-refractivity contribution is 0.205. The Kier molecular flexibility index (Phi) is 1.19. The predicted molar refractivity (Wildman–Crippen MR) is 56.7 cm³/mol. The smallest absolute Gasteiger partial charge is 0.0215 e. The van der Waals surface area contributed by atoms with Crippen molar-refractivity contribution in [2.24, 2.45) is 28.9 Å². The molecule has 2 bridgehead atoms. The molecule has 0 spiro atoms. The molecule has 14 heavy (non-hydrogen) atoms. The average Bonchev–Trinajstić information content (AvgIpc) is 3.07. The van der Waals surface area contributed by atoms with Crippen LogP contribution in [-0.2, 0) is 0 Å². The minimum absolute atomic E-state index is 0.288. The molecule has 1 heteroatoms. The van der Waals surface area contributed by atoms with Gasteiger partial charge in [0, 0.05) is 5.54 Å². The first-order chi connectivity index (χ1) is 6.74. The van der Waals surface area contributed by atoms with E-state index in [4.69, 9.17) is 5.73 Å². The second kappa shape index (κ2) is 2.11. The molecule has 0 amide bonds. The van der Waals surface area contributed by atoms with Gasteiger partial charge in [0.15, 0.2) is 0 Å². The topological polar surface area (TPSA) is 26.0 Å². The Morgan fingerprint density at radius 3 is 2.21 bits per heavy atom. The van der Waals surface area contributed by atoms with E-state index in [0.717, 1.165) is 17.8 Å². The van der Waals surface area contributed by atoms with Gasteiger partial charge >= 0.3 is 0 Å². The Bertz CT molecular complexity index is 309. The largest absolute Gasteiger partial charge is 0.325 e. The summed E-state index contributed by atoms with van der Waals surface area (Å²) in [7, 11) is 0. The summed E-state index contributed by atoms with van der Waals surface area (Å²) in [4.78, 5) is 0. The van der Waals surface area contributed by atoms with Crippen LogP contribution in [0.15, 0.2) is 12.2 Å². The molecule has 4 aliphatic rings. The Balaban J connectivity index is 1.67. The molecule has 0 heterocycles. The van der Waals surface area contributed by atoms with Crippen LogP contribution in [0.5, 0.6) is 0 Å². The van der Waals surface area contributed by atoms with Crippen LogP contribution in [0.2, 0.25) is 0 Å². The van der Waals surface area contributed by atoms with E-state index in [2.05, 4.69) is 12.2 Å². The minimum atomic E-state index is 0.288. The zero-order valence-electron chi connectivity index (χ0n) is 8.71. The van der Waals surface area contributed by atoms with Gasteiger partial charge in [0.05, 0.1) is 0 Å². The summed E-state index contributed by atoms with van der Waals surface area (Å²) in [5.41, 5.74) is 7.37. The van der Waals surface area contributed by atoms with E-state index in [0.29, 0.717) is 5.41 Å². The molecule has 0 aromatic carbocycles. The van der Waals surface area contributed by atoms with Gasteiger partial charge in [0.25, 0.3) is 0 Å². The monoisotopic (exact) mass is 189 g/mol. The van der Waals surface area contributed by atoms with E-state index >= 15 is 0 Å². The summed E-state index contributed by atoms with van der Waals surface area (Å²) in [6.45, 7) is 0. The van der Waals surface area contributed by atoms with Crippen molar-refractivity contribution in [2.45, 2.75) is 44.1 Å². The highest BCUT2D eigenvalue weighted by Crippen LogP contribution is 2.71. The van der Waals surface area contributed by atoms with E-state index in [-0.39, 0.29) is 5.54 Å². The zero-order chi connectivity index (χ0) is 9.39. The maximum absolute atomic E-state index is 6.47. The highest BCUT2D eigenvalue weighted by atomic mass is 14.9. The molecule has 0 radical (unpaired) electrons. The first kappa shape index (κ1) is 7.92. The number of hydrogen-bond donors (Lipinski definition) is 1. The number of fused-ring (bicyclic) bond motifs is 2. The van der Waals surface area contributed by atoms with Crippen molar-refractivity contribution in [3.8, 4) is 0 Å². The molecule has 3 saturated carbocycles. The molecule has 0 aromatic heterocycles. The van der Waals surface area contributed by atoms with Crippen LogP contribution in [0, 0.1) is 23.2 Å². The van der Waals surface area contributed by atoms with Gasteiger partial charge in [-0.15, -0.1) is 0 Å². The summed E-state index contributed by atoms with van der Waals surface area (Å²) < 4.78 is 0. The maximum atomic E-state index is 6.47. The normalized spacial score (nSPS) is 49.6. The molecular formula is C13H19N. The predicted octanol–water partition coefficient (Wildman–Crippen LogP) is 2.47. The third kappa shape index (κ3) is 0.770. The molecule has 0 aromatic rings. The van der Waals surface area contributed by atoms with Gasteiger partial charge in [-0.3, -0.25) is 0 Å². The second-order valence-electron chi connectivity index (χ2n) is 6.20. The highest BCUT2D eigenvalue weighted by molar-refractivity contribution is 5.26. The van der Waals surface area contributed by atoms with Gasteiger partial charge in [-0.25, -0.2) is 0 Å². The number of hydrogen-bond acceptors (Lipinski definition) is 1. The molecule has 4 rings (SSSR count). The van der Waals surface area contributed by atoms with Crippen molar-refractivity contribution in [3.63, 3.8) is 0 Å². The van der Waals surface area contributed by atoms with Crippen molar-refractivity contribution < 1.29 is 0 Å². The molecule has 76 valence electrons. The number of allylic oxidation sites excluding steroid dienone is 2. The fourth-order valence-corrected chi connectivity index (χ4v) is 4.42. The number of rotatable bonds is 2. The van der Waals surface area contributed by atoms with E-state index in [1.54, 1.807) is 0 Å². The van der Waals surface area contributed by atoms with Gasteiger partial charge in [0.1, 0.15) is 0 Å². The molecule has 1 nitrogen and oxygen atoms in total. The second-order valence-corrected chi connectivity index (χ2v) is 6.20. The molecule has 0 saturated heterocycles. The van der Waals surface area contributed by atoms with Crippen LogP contribution in [0.1, 0.15) is 38.5 Å². The lowest BCUT2D eigenvalue weighted by Gasteiger charge is -2.33. The molecule has 3 unspecified atom stereocenters. The quantitative estimate of drug-likeness (QED) is 0.663. The average molecular weight is 189 g/mol. The fraction of sp³-hybridized carbons (Fsp3) is 0.846. The lowest BCUT2D eigenvalue weighted by Crippen LogP contribution is -2.40. The van der Waals surface area contributed by atoms with Crippen molar-refractivity contribution in [3.05, 3.63) is 12.2 Å². The van der Waals surface area contributed by atoms with Gasteiger partial charge in [-0.05, 0) is 61.7 Å². The Morgan fingerprint density at radius 1 is 1.00 bits per heavy atom. The van der Waals surface area contributed by atoms with Crippen LogP contribution >= 0.6 is 0 Å². The van der Waals surface area contributed by atoms with E-state index in [1.807, 2.05) is 0 Å². The highest BCUT2D eigenvalue weighted by Gasteiger charge is 2.68. The molecule has 3 fully saturated rings. The van der Waals surface area contributed by atoms with Crippen LogP contribution in [0.25, 0.3) is 0 Å². The first-order valence-corrected chi connectivity index (χ1v) is 6.21. The van der Waals surface area contributed by atoms with Crippen molar-refractivity contribution in [1.29, 1.82) is 0 Å². The summed E-state index contributed by atoms with van der Waals surface area (Å²) in [6, 6.07) is 0. The van der Waals surface area contributed by atoms with Gasteiger partial charge in [-0.1, -0.05) is 12.2 Å². The van der Waals surface area contributed by atoms with Gasteiger partial charge in [-0.2, -0.15) is 0 Å². The first-order valence-electron chi connectivity index (χ1n) is 6.21. The summed E-state index contributed by atoms with van der Waals surface area (Å²) in [5.74, 6) is 2.79. The van der Waals surface area contributed by atoms with E-state index in [9.17, 15) is 0 Å². The Hall–Kier alpha value is -0.300. The third-order valence-electron chi connectivity index (χ3n) is 5.56. The standard InChI is InChI=1S/C13H19N/c14-13(5-6-13)12(3-4-12)11-8-9-1-2-10(11)7-9/h1-2,9-11H,3-8,14H2. The Morgan fingerprint density at radius 2 is 1.79 bits per heavy atom. The summed E-state index contributed by atoms with van der Waals surface area (Å²) in [5, 5.41) is 0. The molecule has 3 atom stereocenters. The lowest BCUT2D eigenvalue weighted by atomic mass is 9.74. The fourth-order valence-electron chi connectivity index (χ4n) is 4.42. The van der Waals surface area contributed by atoms with E-state index in [1.165, 1.54) is 38.5 Å². The van der Waals surface area contributed by atoms with Crippen molar-refractivity contribution >= 4 is 0 Å². The van der Waals surface area contributed by atoms with Gasteiger partial charge in [0.2, 0.25) is 0 Å². The SMILES string of the molecule is NC1(C2(C3CC4C=CC3C4)CC2)CC1. The van der Waals surface area contributed by atoms with Crippen molar-refractivity contribution in [1.82, 2.24) is 0 Å². The molecular weight excluding hydrogens is 170 g/mol. The van der Waals surface area contributed by atoms with Crippen LogP contribution in [0.3, 0.4) is 0 Å². The molecule has 2 N–H and O–H groups in total. The van der Waals surface area contributed by atoms with Crippen LogP contribution in [-0.4, -0.2) is 5.54 Å². The number of nitrogens with two attached hydrogens (primary N) is 1. The van der Waals surface area contributed by atoms with Crippen molar-refractivity contribution in [2.75, 3.05) is 0 Å². The van der Waals surface area contributed by atoms with E-state index < -0.39 is 0 Å². The zero-order valence-corrected chi connectivity index (χ0v) is 8.71. The van der Waals surface area contributed by atoms with Crippen LogP contribution in [0.4, 0.5) is 0 Å². The van der Waals surface area contributed by atoms with Crippen LogP contribution < -0.4 is 5.73 Å². The summed E-state index contributed by atoms with van der Waals surface area (Å²) in [6.07, 6.45) is 13.3.